The maximum atomic E-state index is 14.0. The molecule has 1 aliphatic heterocycles. The molecule has 10 heteroatoms. The molecule has 0 aromatic heterocycles. The molecule has 5 rings (SSSR count). The average Bonchev–Trinajstić information content (AvgIpc) is 3.13. The van der Waals surface area contributed by atoms with Crippen LogP contribution in [0.25, 0.3) is 6.08 Å². The zero-order chi connectivity index (χ0) is 35.5. The Morgan fingerprint density at radius 1 is 1.00 bits per heavy atom. The van der Waals surface area contributed by atoms with Gasteiger partial charge in [-0.1, -0.05) is 127 Å². The Morgan fingerprint density at radius 3 is 2.26 bits per heavy atom. The van der Waals surface area contributed by atoms with E-state index in [1.54, 1.807) is 61.6 Å². The van der Waals surface area contributed by atoms with Crippen molar-refractivity contribution in [3.63, 3.8) is 0 Å². The SMILES string of the molecule is C=C/C=C\C(=C/C)N1C(=O)/C(=C/c2ccc(OCc3ccc(Cl)cc3)c(Br)c2)C(=O)N=C1SCC(=O)NC(c1ccccc1)c1ccccc1. The second kappa shape index (κ2) is 17.6. The molecule has 252 valence electrons. The van der Waals surface area contributed by atoms with Crippen LogP contribution >= 0.6 is 39.3 Å². The molecular formula is C40H33BrClN3O4S. The van der Waals surface area contributed by atoms with Crippen LogP contribution in [0.4, 0.5) is 0 Å². The summed E-state index contributed by atoms with van der Waals surface area (Å²) in [7, 11) is 0. The third kappa shape index (κ3) is 9.38. The van der Waals surface area contributed by atoms with Gasteiger partial charge in [-0.05, 0) is 81.5 Å². The highest BCUT2D eigenvalue weighted by Gasteiger charge is 2.35. The lowest BCUT2D eigenvalue weighted by Crippen LogP contribution is -2.42. The van der Waals surface area contributed by atoms with Crippen LogP contribution in [0.15, 0.2) is 155 Å². The van der Waals surface area contributed by atoms with Crippen LogP contribution in [0.5, 0.6) is 5.75 Å². The van der Waals surface area contributed by atoms with E-state index in [1.807, 2.05) is 72.8 Å². The lowest BCUT2D eigenvalue weighted by atomic mass is 9.99. The topological polar surface area (TPSA) is 88.1 Å². The molecule has 50 heavy (non-hydrogen) atoms. The van der Waals surface area contributed by atoms with E-state index in [4.69, 9.17) is 16.3 Å². The van der Waals surface area contributed by atoms with Gasteiger partial charge >= 0.3 is 0 Å². The largest absolute Gasteiger partial charge is 0.488 e. The summed E-state index contributed by atoms with van der Waals surface area (Å²) >= 11 is 10.5. The van der Waals surface area contributed by atoms with E-state index in [0.717, 1.165) is 28.5 Å². The summed E-state index contributed by atoms with van der Waals surface area (Å²) < 4.78 is 6.60. The Kier molecular flexibility index (Phi) is 12.8. The van der Waals surface area contributed by atoms with Gasteiger partial charge in [-0.15, -0.1) is 0 Å². The molecule has 1 aliphatic rings. The quantitative estimate of drug-likeness (QED) is 0.0884. The number of ether oxygens (including phenoxy) is 1. The summed E-state index contributed by atoms with van der Waals surface area (Å²) in [5.74, 6) is -1.06. The Morgan fingerprint density at radius 2 is 1.66 bits per heavy atom. The van der Waals surface area contributed by atoms with Gasteiger partial charge in [0.25, 0.3) is 11.8 Å². The summed E-state index contributed by atoms with van der Waals surface area (Å²) in [5.41, 5.74) is 3.74. The molecule has 4 aromatic carbocycles. The van der Waals surface area contributed by atoms with Crippen LogP contribution in [0, 0.1) is 0 Å². The lowest BCUT2D eigenvalue weighted by molar-refractivity contribution is -0.126. The van der Waals surface area contributed by atoms with Gasteiger partial charge in [0.1, 0.15) is 17.9 Å². The molecule has 3 amide bonds. The van der Waals surface area contributed by atoms with Crippen LogP contribution in [0.2, 0.25) is 5.02 Å². The predicted octanol–water partition coefficient (Wildman–Crippen LogP) is 9.07. The van der Waals surface area contributed by atoms with E-state index in [-0.39, 0.29) is 28.4 Å². The van der Waals surface area contributed by atoms with E-state index in [0.29, 0.717) is 33.1 Å². The van der Waals surface area contributed by atoms with Gasteiger partial charge in [-0.2, -0.15) is 4.99 Å². The number of rotatable bonds is 12. The van der Waals surface area contributed by atoms with Gasteiger partial charge in [0.15, 0.2) is 5.17 Å². The Bertz CT molecular complexity index is 1950. The maximum Gasteiger partial charge on any atom is 0.285 e. The van der Waals surface area contributed by atoms with Crippen molar-refractivity contribution in [2.45, 2.75) is 19.6 Å². The number of nitrogens with zero attached hydrogens (tertiary/aromatic N) is 2. The molecule has 0 bridgehead atoms. The molecule has 1 N–H and O–H groups in total. The van der Waals surface area contributed by atoms with E-state index in [2.05, 4.69) is 32.8 Å². The van der Waals surface area contributed by atoms with Crippen molar-refractivity contribution in [1.82, 2.24) is 10.2 Å². The van der Waals surface area contributed by atoms with E-state index < -0.39 is 11.8 Å². The van der Waals surface area contributed by atoms with Crippen molar-refractivity contribution in [2.75, 3.05) is 5.75 Å². The minimum atomic E-state index is -0.706. The van der Waals surface area contributed by atoms with Crippen LogP contribution < -0.4 is 10.1 Å². The minimum Gasteiger partial charge on any atom is -0.488 e. The van der Waals surface area contributed by atoms with Crippen molar-refractivity contribution in [2.24, 2.45) is 4.99 Å². The second-order valence-electron chi connectivity index (χ2n) is 10.9. The second-order valence-corrected chi connectivity index (χ2v) is 13.2. The van der Waals surface area contributed by atoms with Crippen LogP contribution in [0.1, 0.15) is 35.2 Å². The van der Waals surface area contributed by atoms with E-state index in [1.165, 1.54) is 11.0 Å². The van der Waals surface area contributed by atoms with Crippen molar-refractivity contribution < 1.29 is 19.1 Å². The van der Waals surface area contributed by atoms with Gasteiger partial charge < -0.3 is 10.1 Å². The molecule has 0 radical (unpaired) electrons. The number of nitrogens with one attached hydrogen (secondary N) is 1. The monoisotopic (exact) mass is 765 g/mol. The molecule has 0 fully saturated rings. The highest BCUT2D eigenvalue weighted by molar-refractivity contribution is 9.10. The first kappa shape index (κ1) is 36.3. The smallest absolute Gasteiger partial charge is 0.285 e. The third-order valence-electron chi connectivity index (χ3n) is 7.49. The third-order valence-corrected chi connectivity index (χ3v) is 9.30. The summed E-state index contributed by atoms with van der Waals surface area (Å²) in [6, 6.07) is 31.6. The number of hydrogen-bond donors (Lipinski definition) is 1. The van der Waals surface area contributed by atoms with Crippen molar-refractivity contribution in [3.8, 4) is 5.75 Å². The number of allylic oxidation sites excluding steroid dienone is 4. The molecule has 7 nitrogen and oxygen atoms in total. The van der Waals surface area contributed by atoms with E-state index >= 15 is 0 Å². The normalized spacial score (nSPS) is 14.3. The summed E-state index contributed by atoms with van der Waals surface area (Å²) in [6.45, 7) is 5.83. The fraction of sp³-hybridized carbons (Fsp3) is 0.100. The Hall–Kier alpha value is -4.96. The molecule has 0 atom stereocenters. The first-order chi connectivity index (χ1) is 24.3. The molecule has 1 heterocycles. The van der Waals surface area contributed by atoms with Gasteiger partial charge in [-0.25, -0.2) is 0 Å². The number of carbonyl (C=O) groups is 3. The van der Waals surface area contributed by atoms with Crippen molar-refractivity contribution in [1.29, 1.82) is 0 Å². The van der Waals surface area contributed by atoms with Crippen LogP contribution in [-0.4, -0.2) is 33.5 Å². The van der Waals surface area contributed by atoms with Gasteiger partial charge in [-0.3, -0.25) is 19.3 Å². The Labute approximate surface area is 309 Å². The predicted molar refractivity (Wildman–Crippen MR) is 206 cm³/mol. The number of hydrogen-bond acceptors (Lipinski definition) is 5. The molecule has 0 aliphatic carbocycles. The number of carbonyl (C=O) groups excluding carboxylic acids is 3. The highest BCUT2D eigenvalue weighted by atomic mass is 79.9. The number of amidine groups is 1. The number of aliphatic imine (C=N–C) groups is 1. The zero-order valence-electron chi connectivity index (χ0n) is 27.1. The van der Waals surface area contributed by atoms with E-state index in [9.17, 15) is 14.4 Å². The Balaban J connectivity index is 1.36. The van der Waals surface area contributed by atoms with Crippen molar-refractivity contribution >= 4 is 68.3 Å². The molecule has 0 spiro atoms. The molecule has 0 unspecified atom stereocenters. The fourth-order valence-corrected chi connectivity index (χ4v) is 6.47. The van der Waals surface area contributed by atoms with Crippen LogP contribution in [0.3, 0.4) is 0 Å². The standard InChI is InChI=1S/C40H33BrClN3O4S/c1-3-5-16-32(4-2)45-39(48)33(23-28-19-22-35(34(41)24-28)49-25-27-17-20-31(42)21-18-27)38(47)44-40(45)50-26-36(46)43-37(29-12-8-6-9-13-29)30-14-10-7-11-15-30/h3-24,37H,1,25-26H2,2H3,(H,43,46)/b16-5-,32-4+,33-23+. The summed E-state index contributed by atoms with van der Waals surface area (Å²) in [5, 5.41) is 3.84. The lowest BCUT2D eigenvalue weighted by Gasteiger charge is -2.28. The zero-order valence-corrected chi connectivity index (χ0v) is 30.3. The van der Waals surface area contributed by atoms with Gasteiger partial charge in [0.05, 0.1) is 16.3 Å². The fourth-order valence-electron chi connectivity index (χ4n) is 5.03. The number of amides is 3. The molecule has 0 saturated carbocycles. The molecular weight excluding hydrogens is 734 g/mol. The summed E-state index contributed by atoms with van der Waals surface area (Å²) in [4.78, 5) is 46.5. The summed E-state index contributed by atoms with van der Waals surface area (Å²) in [6.07, 6.45) is 8.18. The maximum absolute atomic E-state index is 14.0. The van der Waals surface area contributed by atoms with Gasteiger partial charge in [0, 0.05) is 10.7 Å². The first-order valence-corrected chi connectivity index (χ1v) is 17.8. The molecule has 4 aromatic rings. The molecule has 0 saturated heterocycles. The minimum absolute atomic E-state index is 0.0856. The number of halogens is 2. The van der Waals surface area contributed by atoms with Crippen molar-refractivity contribution in [3.05, 3.63) is 177 Å². The van der Waals surface area contributed by atoms with Gasteiger partial charge in [0.2, 0.25) is 5.91 Å². The highest BCUT2D eigenvalue weighted by Crippen LogP contribution is 2.31. The average molecular weight is 767 g/mol. The number of benzene rings is 4. The first-order valence-electron chi connectivity index (χ1n) is 15.6. The number of thioether (sulfide) groups is 1. The van der Waals surface area contributed by atoms with Crippen LogP contribution in [-0.2, 0) is 21.0 Å².